The van der Waals surface area contributed by atoms with Crippen LogP contribution in [0.5, 0.6) is 0 Å². The Kier molecular flexibility index (Phi) is 5.89. The Bertz CT molecular complexity index is 610. The number of likely N-dealkylation sites (tertiary alicyclic amines) is 1. The molecule has 0 bridgehead atoms. The predicted molar refractivity (Wildman–Crippen MR) is 100 cm³/mol. The van der Waals surface area contributed by atoms with Crippen molar-refractivity contribution in [1.29, 1.82) is 0 Å². The second kappa shape index (κ2) is 8.13. The number of hydrogen-bond acceptors (Lipinski definition) is 5. The Hall–Kier alpha value is -1.69. The molecule has 0 aromatic carbocycles. The molecular weight excluding hydrogens is 314 g/mol. The maximum Gasteiger partial charge on any atom is 0.270 e. The molecule has 6 nitrogen and oxygen atoms in total. The number of carbonyl (C=O) groups excluding carboxylic acids is 1. The number of anilines is 1. The van der Waals surface area contributed by atoms with Crippen LogP contribution >= 0.6 is 0 Å². The molecular formula is C19H31N5O. The van der Waals surface area contributed by atoms with Gasteiger partial charge in [-0.3, -0.25) is 9.69 Å². The van der Waals surface area contributed by atoms with E-state index in [0.717, 1.165) is 36.6 Å². The summed E-state index contributed by atoms with van der Waals surface area (Å²) in [6.07, 6.45) is 5.88. The number of carbonyl (C=O) groups is 1. The highest BCUT2D eigenvalue weighted by Crippen LogP contribution is 2.24. The van der Waals surface area contributed by atoms with E-state index in [9.17, 15) is 4.79 Å². The second-order valence-electron chi connectivity index (χ2n) is 7.46. The summed E-state index contributed by atoms with van der Waals surface area (Å²) in [6.45, 7) is 10.3. The first kappa shape index (κ1) is 18.1. The van der Waals surface area contributed by atoms with Gasteiger partial charge in [0.1, 0.15) is 17.3 Å². The highest BCUT2D eigenvalue weighted by atomic mass is 16.1. The molecule has 1 amide bonds. The van der Waals surface area contributed by atoms with Crippen LogP contribution in [-0.4, -0.2) is 53.0 Å². The Morgan fingerprint density at radius 2 is 1.96 bits per heavy atom. The van der Waals surface area contributed by atoms with E-state index in [0.29, 0.717) is 18.3 Å². The van der Waals surface area contributed by atoms with E-state index in [1.165, 1.54) is 32.4 Å². The van der Waals surface area contributed by atoms with Crippen LogP contribution in [-0.2, 0) is 6.42 Å². The molecule has 1 atom stereocenters. The van der Waals surface area contributed by atoms with E-state index < -0.39 is 0 Å². The first-order chi connectivity index (χ1) is 12.1. The topological polar surface area (TPSA) is 70.1 Å². The zero-order chi connectivity index (χ0) is 17.8. The van der Waals surface area contributed by atoms with Crippen molar-refractivity contribution in [3.63, 3.8) is 0 Å². The lowest BCUT2D eigenvalue weighted by Crippen LogP contribution is -2.43. The van der Waals surface area contributed by atoms with Crippen LogP contribution < -0.4 is 10.6 Å². The first-order valence-corrected chi connectivity index (χ1v) is 9.77. The van der Waals surface area contributed by atoms with E-state index in [1.807, 2.05) is 0 Å². The molecule has 2 aliphatic heterocycles. The highest BCUT2D eigenvalue weighted by Gasteiger charge is 2.25. The number of piperidine rings is 1. The van der Waals surface area contributed by atoms with E-state index in [4.69, 9.17) is 4.98 Å². The molecule has 25 heavy (non-hydrogen) atoms. The maximum atomic E-state index is 12.2. The van der Waals surface area contributed by atoms with Gasteiger partial charge in [-0.2, -0.15) is 0 Å². The summed E-state index contributed by atoms with van der Waals surface area (Å²) in [5.41, 5.74) is 1.53. The van der Waals surface area contributed by atoms with Gasteiger partial charge in [0.25, 0.3) is 5.91 Å². The van der Waals surface area contributed by atoms with Gasteiger partial charge in [-0.05, 0) is 38.8 Å². The molecule has 6 heteroatoms. The average Bonchev–Trinajstić information content (AvgIpc) is 2.63. The number of nitrogens with zero attached hydrogens (tertiary/aromatic N) is 3. The molecule has 138 valence electrons. The minimum Gasteiger partial charge on any atom is -0.368 e. The van der Waals surface area contributed by atoms with Gasteiger partial charge in [-0.15, -0.1) is 0 Å². The van der Waals surface area contributed by atoms with Gasteiger partial charge in [-0.25, -0.2) is 9.97 Å². The van der Waals surface area contributed by atoms with Gasteiger partial charge < -0.3 is 10.6 Å². The number of hydrogen-bond donors (Lipinski definition) is 2. The lowest BCUT2D eigenvalue weighted by atomic mass is 10.0. The molecule has 2 N–H and O–H groups in total. The Labute approximate surface area is 150 Å². The normalized spacial score (nSPS) is 19.4. The lowest BCUT2D eigenvalue weighted by molar-refractivity contribution is 0.0940. The molecule has 2 aliphatic rings. The van der Waals surface area contributed by atoms with Crippen molar-refractivity contribution in [2.75, 3.05) is 31.5 Å². The van der Waals surface area contributed by atoms with E-state index >= 15 is 0 Å². The molecule has 1 fully saturated rings. The molecule has 0 spiro atoms. The number of fused-ring (bicyclic) bond motifs is 1. The maximum absolute atomic E-state index is 12.2. The third kappa shape index (κ3) is 4.11. The number of aromatic nitrogens is 2. The van der Waals surface area contributed by atoms with Crippen LogP contribution in [0.25, 0.3) is 0 Å². The Morgan fingerprint density at radius 1 is 1.20 bits per heavy atom. The van der Waals surface area contributed by atoms with Crippen molar-refractivity contribution in [3.8, 4) is 0 Å². The van der Waals surface area contributed by atoms with Crippen molar-refractivity contribution in [1.82, 2.24) is 20.2 Å². The molecule has 1 unspecified atom stereocenters. The number of nitrogens with one attached hydrogen (secondary N) is 2. The standard InChI is InChI=1S/C19H31N5O/c1-4-14(24-10-6-5-7-11-24)12-21-18-15-8-9-20-19(25)16(15)22-17(23-18)13(2)3/h13-14H,4-12H2,1-3H3,(H,20,25)(H,21,22,23). The van der Waals surface area contributed by atoms with Crippen molar-refractivity contribution in [3.05, 3.63) is 17.1 Å². The Morgan fingerprint density at radius 3 is 2.64 bits per heavy atom. The molecule has 1 saturated heterocycles. The highest BCUT2D eigenvalue weighted by molar-refractivity contribution is 5.96. The van der Waals surface area contributed by atoms with E-state index in [1.54, 1.807) is 0 Å². The van der Waals surface area contributed by atoms with Gasteiger partial charge in [-0.1, -0.05) is 27.2 Å². The fourth-order valence-electron chi connectivity index (χ4n) is 3.74. The van der Waals surface area contributed by atoms with Crippen molar-refractivity contribution in [2.45, 2.75) is 64.8 Å². The van der Waals surface area contributed by atoms with Crippen molar-refractivity contribution in [2.24, 2.45) is 0 Å². The molecule has 0 radical (unpaired) electrons. The summed E-state index contributed by atoms with van der Waals surface area (Å²) in [5, 5.41) is 6.46. The largest absolute Gasteiger partial charge is 0.368 e. The van der Waals surface area contributed by atoms with E-state index in [2.05, 4.69) is 41.3 Å². The number of rotatable bonds is 6. The fourth-order valence-corrected chi connectivity index (χ4v) is 3.74. The van der Waals surface area contributed by atoms with Gasteiger partial charge in [0, 0.05) is 30.6 Å². The average molecular weight is 345 g/mol. The third-order valence-corrected chi connectivity index (χ3v) is 5.30. The Balaban J connectivity index is 1.79. The minimum atomic E-state index is -0.0725. The minimum absolute atomic E-state index is 0.0725. The van der Waals surface area contributed by atoms with E-state index in [-0.39, 0.29) is 11.8 Å². The van der Waals surface area contributed by atoms with Crippen LogP contribution in [0, 0.1) is 0 Å². The van der Waals surface area contributed by atoms with Crippen LogP contribution in [0.3, 0.4) is 0 Å². The zero-order valence-corrected chi connectivity index (χ0v) is 15.8. The fraction of sp³-hybridized carbons (Fsp3) is 0.737. The zero-order valence-electron chi connectivity index (χ0n) is 15.8. The quantitative estimate of drug-likeness (QED) is 0.829. The van der Waals surface area contributed by atoms with Crippen LogP contribution in [0.2, 0.25) is 0 Å². The molecule has 0 saturated carbocycles. The third-order valence-electron chi connectivity index (χ3n) is 5.30. The van der Waals surface area contributed by atoms with Gasteiger partial charge in [0.05, 0.1) is 0 Å². The smallest absolute Gasteiger partial charge is 0.270 e. The van der Waals surface area contributed by atoms with Crippen LogP contribution in [0.4, 0.5) is 5.82 Å². The lowest BCUT2D eigenvalue weighted by Gasteiger charge is -2.34. The van der Waals surface area contributed by atoms with Crippen LogP contribution in [0.1, 0.15) is 74.2 Å². The van der Waals surface area contributed by atoms with Gasteiger partial charge >= 0.3 is 0 Å². The summed E-state index contributed by atoms with van der Waals surface area (Å²) in [4.78, 5) is 24.1. The van der Waals surface area contributed by atoms with Crippen molar-refractivity contribution >= 4 is 11.7 Å². The van der Waals surface area contributed by atoms with Crippen molar-refractivity contribution < 1.29 is 4.79 Å². The summed E-state index contributed by atoms with van der Waals surface area (Å²) < 4.78 is 0. The summed E-state index contributed by atoms with van der Waals surface area (Å²) in [5.74, 6) is 1.73. The summed E-state index contributed by atoms with van der Waals surface area (Å²) in [6, 6.07) is 0.519. The monoisotopic (exact) mass is 345 g/mol. The molecule has 3 rings (SSSR count). The summed E-state index contributed by atoms with van der Waals surface area (Å²) in [7, 11) is 0. The molecule has 1 aromatic rings. The van der Waals surface area contributed by atoms with Crippen LogP contribution in [0.15, 0.2) is 0 Å². The second-order valence-corrected chi connectivity index (χ2v) is 7.46. The molecule has 0 aliphatic carbocycles. The van der Waals surface area contributed by atoms with Gasteiger partial charge in [0.2, 0.25) is 0 Å². The molecule has 3 heterocycles. The first-order valence-electron chi connectivity index (χ1n) is 9.77. The van der Waals surface area contributed by atoms with Gasteiger partial charge in [0.15, 0.2) is 0 Å². The summed E-state index contributed by atoms with van der Waals surface area (Å²) >= 11 is 0. The predicted octanol–water partition coefficient (Wildman–Crippen LogP) is 2.56. The number of amides is 1. The molecule has 1 aromatic heterocycles. The SMILES string of the molecule is CCC(CNc1nc(C(C)C)nc2c1CCNC2=O)N1CCCCC1.